The summed E-state index contributed by atoms with van der Waals surface area (Å²) in [5.74, 6) is -1.20. The summed E-state index contributed by atoms with van der Waals surface area (Å²) in [6, 6.07) is 0. The Bertz CT molecular complexity index is 624. The van der Waals surface area contributed by atoms with E-state index in [0.29, 0.717) is 17.7 Å². The molecule has 1 aromatic heterocycles. The van der Waals surface area contributed by atoms with Crippen molar-refractivity contribution in [2.75, 3.05) is 14.2 Å². The summed E-state index contributed by atoms with van der Waals surface area (Å²) in [5, 5.41) is 0. The normalized spacial score (nSPS) is 11.5. The molecule has 0 atom stereocenters. The maximum atomic E-state index is 12.3. The molecule has 128 valence electrons. The van der Waals surface area contributed by atoms with E-state index in [1.165, 1.54) is 14.2 Å². The smallest absolute Gasteiger partial charge is 0.340 e. The van der Waals surface area contributed by atoms with E-state index >= 15 is 0 Å². The predicted octanol–water partition coefficient (Wildman–Crippen LogP) is 3.99. The average Bonchev–Trinajstić information content (AvgIpc) is 2.43. The molecule has 5 nitrogen and oxygen atoms in total. The van der Waals surface area contributed by atoms with Gasteiger partial charge in [0.15, 0.2) is 0 Å². The van der Waals surface area contributed by atoms with E-state index in [-0.39, 0.29) is 22.7 Å². The number of carbonyl (C=O) groups excluding carboxylic acids is 2. The second-order valence-corrected chi connectivity index (χ2v) is 7.63. The van der Waals surface area contributed by atoms with E-state index in [0.717, 1.165) is 0 Å². The molecule has 8 heteroatoms. The molecule has 0 aromatic carbocycles. The van der Waals surface area contributed by atoms with Crippen molar-refractivity contribution in [2.45, 2.75) is 31.0 Å². The van der Waals surface area contributed by atoms with Crippen molar-refractivity contribution in [2.24, 2.45) is 5.92 Å². The predicted molar refractivity (Wildman–Crippen MR) is 89.4 cm³/mol. The fourth-order valence-corrected chi connectivity index (χ4v) is 2.69. The second kappa shape index (κ2) is 7.69. The number of aryl methyl sites for hydroxylation is 1. The van der Waals surface area contributed by atoms with E-state index in [1.54, 1.807) is 6.92 Å². The minimum absolute atomic E-state index is 0.00722. The number of rotatable bonds is 4. The first-order chi connectivity index (χ1) is 10.5. The third-order valence-corrected chi connectivity index (χ3v) is 3.68. The number of methoxy groups -OCH3 is 2. The van der Waals surface area contributed by atoms with Crippen LogP contribution in [0.3, 0.4) is 0 Å². The summed E-state index contributed by atoms with van der Waals surface area (Å²) in [6.45, 7) is 5.47. The van der Waals surface area contributed by atoms with Gasteiger partial charge in [0.2, 0.25) is 3.79 Å². The molecule has 0 spiro atoms. The van der Waals surface area contributed by atoms with E-state index in [9.17, 15) is 9.59 Å². The number of hydrogen-bond donors (Lipinski definition) is 0. The Kier molecular flexibility index (Phi) is 6.69. The highest BCUT2D eigenvalue weighted by molar-refractivity contribution is 6.66. The first-order valence-electron chi connectivity index (χ1n) is 6.81. The van der Waals surface area contributed by atoms with Crippen LogP contribution in [0.4, 0.5) is 0 Å². The van der Waals surface area contributed by atoms with Gasteiger partial charge in [-0.25, -0.2) is 9.59 Å². The van der Waals surface area contributed by atoms with Gasteiger partial charge in [-0.05, 0) is 24.8 Å². The lowest BCUT2D eigenvalue weighted by Crippen LogP contribution is -2.23. The molecule has 23 heavy (non-hydrogen) atoms. The maximum absolute atomic E-state index is 12.3. The number of carbonyl (C=O) groups is 2. The zero-order valence-corrected chi connectivity index (χ0v) is 15.8. The van der Waals surface area contributed by atoms with E-state index < -0.39 is 15.7 Å². The zero-order valence-electron chi connectivity index (χ0n) is 13.5. The summed E-state index contributed by atoms with van der Waals surface area (Å²) in [4.78, 5) is 28.6. The van der Waals surface area contributed by atoms with Crippen molar-refractivity contribution in [1.82, 2.24) is 4.98 Å². The molecule has 0 N–H and O–H groups in total. The van der Waals surface area contributed by atoms with Crippen molar-refractivity contribution in [1.29, 1.82) is 0 Å². The van der Waals surface area contributed by atoms with Gasteiger partial charge in [0.1, 0.15) is 5.69 Å². The molecule has 0 aliphatic heterocycles. The van der Waals surface area contributed by atoms with Gasteiger partial charge in [-0.15, -0.1) is 0 Å². The fourth-order valence-electron chi connectivity index (χ4n) is 2.28. The molecule has 0 saturated carbocycles. The van der Waals surface area contributed by atoms with Gasteiger partial charge < -0.3 is 9.47 Å². The monoisotopic (exact) mass is 381 g/mol. The van der Waals surface area contributed by atoms with Crippen molar-refractivity contribution in [3.8, 4) is 0 Å². The summed E-state index contributed by atoms with van der Waals surface area (Å²) >= 11 is 17.9. The number of aromatic nitrogens is 1. The van der Waals surface area contributed by atoms with E-state index in [4.69, 9.17) is 44.3 Å². The number of halogens is 3. The first-order valence-corrected chi connectivity index (χ1v) is 7.95. The van der Waals surface area contributed by atoms with Gasteiger partial charge in [-0.3, -0.25) is 4.98 Å². The van der Waals surface area contributed by atoms with Crippen molar-refractivity contribution in [3.05, 3.63) is 28.1 Å². The minimum atomic E-state index is -1.94. The molecule has 0 unspecified atom stereocenters. The summed E-state index contributed by atoms with van der Waals surface area (Å²) in [5.41, 5.74) is 0.857. The first kappa shape index (κ1) is 20.0. The van der Waals surface area contributed by atoms with E-state index in [2.05, 4.69) is 4.98 Å². The largest absolute Gasteiger partial charge is 0.465 e. The number of hydrogen-bond acceptors (Lipinski definition) is 5. The molecular formula is C15H18Cl3NO4. The topological polar surface area (TPSA) is 65.5 Å². The van der Waals surface area contributed by atoms with Crippen LogP contribution in [0.25, 0.3) is 0 Å². The van der Waals surface area contributed by atoms with Crippen molar-refractivity contribution >= 4 is 46.7 Å². The Hall–Kier alpha value is -1.04. The number of esters is 2. The van der Waals surface area contributed by atoms with Gasteiger partial charge in [0.25, 0.3) is 0 Å². The molecule has 0 fully saturated rings. The van der Waals surface area contributed by atoms with Crippen LogP contribution in [0.1, 0.15) is 51.5 Å². The lowest BCUT2D eigenvalue weighted by atomic mass is 9.91. The Labute approximate surface area is 150 Å². The van der Waals surface area contributed by atoms with Crippen LogP contribution in [0.15, 0.2) is 0 Å². The number of alkyl halides is 3. The number of ether oxygens (including phenoxy) is 2. The van der Waals surface area contributed by atoms with Crippen LogP contribution in [0, 0.1) is 12.8 Å². The molecular weight excluding hydrogens is 365 g/mol. The standard InChI is InChI=1S/C15H18Cl3NO4/c1-7(2)6-9-10(13(20)22-4)8(3)19-12(15(16,17)18)11(9)14(21)23-5/h7H,6H2,1-5H3. The molecule has 0 saturated heterocycles. The Morgan fingerprint density at radius 1 is 1.09 bits per heavy atom. The summed E-state index contributed by atoms with van der Waals surface area (Å²) < 4.78 is 7.66. The fraction of sp³-hybridized carbons (Fsp3) is 0.533. The van der Waals surface area contributed by atoms with Crippen LogP contribution < -0.4 is 0 Å². The minimum Gasteiger partial charge on any atom is -0.465 e. The Balaban J connectivity index is 3.89. The maximum Gasteiger partial charge on any atom is 0.340 e. The van der Waals surface area contributed by atoms with E-state index in [1.807, 2.05) is 13.8 Å². The molecule has 1 heterocycles. The average molecular weight is 383 g/mol. The zero-order chi connectivity index (χ0) is 17.9. The highest BCUT2D eigenvalue weighted by atomic mass is 35.6. The summed E-state index contributed by atoms with van der Waals surface area (Å²) in [7, 11) is 2.46. The van der Waals surface area contributed by atoms with Gasteiger partial charge in [0.05, 0.1) is 31.0 Å². The SMILES string of the molecule is COC(=O)c1c(C)nc(C(Cl)(Cl)Cl)c(C(=O)OC)c1CC(C)C. The van der Waals surface area contributed by atoms with Crippen LogP contribution in [0.2, 0.25) is 0 Å². The van der Waals surface area contributed by atoms with Gasteiger partial charge in [-0.2, -0.15) is 0 Å². The second-order valence-electron chi connectivity index (χ2n) is 5.35. The van der Waals surface area contributed by atoms with Crippen LogP contribution >= 0.6 is 34.8 Å². The third-order valence-electron chi connectivity index (χ3n) is 3.14. The molecule has 0 amide bonds. The van der Waals surface area contributed by atoms with Crippen LogP contribution in [-0.4, -0.2) is 31.1 Å². The van der Waals surface area contributed by atoms with Crippen LogP contribution in [0.5, 0.6) is 0 Å². The highest BCUT2D eigenvalue weighted by Crippen LogP contribution is 2.41. The third kappa shape index (κ3) is 4.49. The highest BCUT2D eigenvalue weighted by Gasteiger charge is 2.36. The van der Waals surface area contributed by atoms with Crippen molar-refractivity contribution in [3.63, 3.8) is 0 Å². The number of pyridine rings is 1. The summed E-state index contributed by atoms with van der Waals surface area (Å²) in [6.07, 6.45) is 0.395. The lowest BCUT2D eigenvalue weighted by molar-refractivity contribution is 0.0594. The molecule has 0 aliphatic carbocycles. The Morgan fingerprint density at radius 2 is 1.57 bits per heavy atom. The molecule has 1 rings (SSSR count). The molecule has 0 radical (unpaired) electrons. The van der Waals surface area contributed by atoms with Gasteiger partial charge in [0, 0.05) is 0 Å². The number of nitrogens with zero attached hydrogens (tertiary/aromatic N) is 1. The Morgan fingerprint density at radius 3 is 1.96 bits per heavy atom. The van der Waals surface area contributed by atoms with Crippen LogP contribution in [-0.2, 0) is 19.7 Å². The molecule has 0 bridgehead atoms. The van der Waals surface area contributed by atoms with Gasteiger partial charge in [-0.1, -0.05) is 48.7 Å². The lowest BCUT2D eigenvalue weighted by Gasteiger charge is -2.22. The quantitative estimate of drug-likeness (QED) is 0.582. The molecule has 1 aromatic rings. The van der Waals surface area contributed by atoms with Gasteiger partial charge >= 0.3 is 11.9 Å². The molecule has 0 aliphatic rings. The van der Waals surface area contributed by atoms with Crippen molar-refractivity contribution < 1.29 is 19.1 Å².